The summed E-state index contributed by atoms with van der Waals surface area (Å²) < 4.78 is 9.52. The number of nitrogens with zero attached hydrogens (tertiary/aromatic N) is 1. The molecule has 0 saturated heterocycles. The molecule has 0 saturated carbocycles. The highest BCUT2D eigenvalue weighted by atomic mass is 16.5. The van der Waals surface area contributed by atoms with E-state index in [1.165, 1.54) is 0 Å². The Kier molecular flexibility index (Phi) is 11.3. The number of ether oxygens (including phenoxy) is 2. The summed E-state index contributed by atoms with van der Waals surface area (Å²) in [6.45, 7) is 3.49. The van der Waals surface area contributed by atoms with Crippen LogP contribution in [0.1, 0.15) is 26.0 Å². The van der Waals surface area contributed by atoms with Gasteiger partial charge in [0.05, 0.1) is 38.3 Å². The minimum Gasteiger partial charge on any atom is -0.469 e. The SMILES string of the molecule is COC(=O)CC(NC(C=O)NC(=O)Cc1cccc(N)n1)C(=O)NCC(=O)OCC(C)C. The Morgan fingerprint density at radius 1 is 1.19 bits per heavy atom. The van der Waals surface area contributed by atoms with Crippen molar-refractivity contribution in [3.05, 3.63) is 23.9 Å². The summed E-state index contributed by atoms with van der Waals surface area (Å²) in [5.74, 6) is -2.35. The highest BCUT2D eigenvalue weighted by Gasteiger charge is 2.26. The van der Waals surface area contributed by atoms with Crippen molar-refractivity contribution in [1.82, 2.24) is 20.9 Å². The van der Waals surface area contributed by atoms with Crippen LogP contribution in [0.3, 0.4) is 0 Å². The number of amides is 2. The number of nitrogens with one attached hydrogen (secondary N) is 3. The molecule has 176 valence electrons. The molecule has 1 rings (SSSR count). The number of pyridine rings is 1. The number of esters is 2. The molecule has 12 nitrogen and oxygen atoms in total. The average molecular weight is 451 g/mol. The molecule has 32 heavy (non-hydrogen) atoms. The molecule has 0 aliphatic heterocycles. The summed E-state index contributed by atoms with van der Waals surface area (Å²) in [5.41, 5.74) is 5.96. The molecule has 1 aromatic rings. The monoisotopic (exact) mass is 451 g/mol. The van der Waals surface area contributed by atoms with E-state index < -0.39 is 48.9 Å². The number of hydrogen-bond acceptors (Lipinski definition) is 10. The maximum Gasteiger partial charge on any atom is 0.325 e. The number of nitrogen functional groups attached to an aromatic ring is 1. The quantitative estimate of drug-likeness (QED) is 0.160. The summed E-state index contributed by atoms with van der Waals surface area (Å²) in [6, 6.07) is 3.52. The zero-order chi connectivity index (χ0) is 24.1. The van der Waals surface area contributed by atoms with E-state index in [2.05, 4.69) is 25.7 Å². The van der Waals surface area contributed by atoms with Crippen molar-refractivity contribution in [2.45, 2.75) is 38.9 Å². The molecule has 0 fully saturated rings. The lowest BCUT2D eigenvalue weighted by Crippen LogP contribution is -2.56. The topological polar surface area (TPSA) is 179 Å². The van der Waals surface area contributed by atoms with E-state index >= 15 is 0 Å². The van der Waals surface area contributed by atoms with Gasteiger partial charge < -0.3 is 25.8 Å². The van der Waals surface area contributed by atoms with Gasteiger partial charge in [0, 0.05) is 0 Å². The minimum atomic E-state index is -1.29. The second-order valence-electron chi connectivity index (χ2n) is 7.21. The van der Waals surface area contributed by atoms with Crippen LogP contribution in [0.15, 0.2) is 18.2 Å². The maximum absolute atomic E-state index is 12.5. The van der Waals surface area contributed by atoms with Crippen LogP contribution in [0, 0.1) is 5.92 Å². The van der Waals surface area contributed by atoms with Gasteiger partial charge in [-0.25, -0.2) is 4.98 Å². The van der Waals surface area contributed by atoms with Crippen LogP contribution in [0.25, 0.3) is 0 Å². The van der Waals surface area contributed by atoms with E-state index in [-0.39, 0.29) is 24.8 Å². The Labute approximate surface area is 185 Å². The summed E-state index contributed by atoms with van der Waals surface area (Å²) in [7, 11) is 1.14. The molecule has 12 heteroatoms. The minimum absolute atomic E-state index is 0.128. The van der Waals surface area contributed by atoms with Crippen molar-refractivity contribution in [2.24, 2.45) is 5.92 Å². The van der Waals surface area contributed by atoms with Crippen LogP contribution in [0.4, 0.5) is 5.82 Å². The molecule has 0 aromatic carbocycles. The van der Waals surface area contributed by atoms with Gasteiger partial charge in [0.25, 0.3) is 0 Å². The molecule has 2 atom stereocenters. The van der Waals surface area contributed by atoms with Crippen LogP contribution >= 0.6 is 0 Å². The third-order valence-electron chi connectivity index (χ3n) is 3.90. The predicted molar refractivity (Wildman–Crippen MR) is 113 cm³/mol. The van der Waals surface area contributed by atoms with Crippen LogP contribution in [0.2, 0.25) is 0 Å². The van der Waals surface area contributed by atoms with E-state index in [0.29, 0.717) is 12.0 Å². The molecule has 0 radical (unpaired) electrons. The molecule has 5 N–H and O–H groups in total. The number of anilines is 1. The molecule has 1 heterocycles. The van der Waals surface area contributed by atoms with Crippen LogP contribution < -0.4 is 21.7 Å². The predicted octanol–water partition coefficient (Wildman–Crippen LogP) is -1.32. The average Bonchev–Trinajstić information content (AvgIpc) is 2.74. The maximum atomic E-state index is 12.5. The van der Waals surface area contributed by atoms with Crippen molar-refractivity contribution >= 4 is 35.9 Å². The van der Waals surface area contributed by atoms with Gasteiger partial charge in [0.15, 0.2) is 6.29 Å². The number of aldehydes is 1. The Balaban J connectivity index is 2.71. The molecule has 0 spiro atoms. The molecule has 0 bridgehead atoms. The Hall–Kier alpha value is -3.54. The third-order valence-corrected chi connectivity index (χ3v) is 3.90. The van der Waals surface area contributed by atoms with Gasteiger partial charge in [-0.05, 0) is 18.1 Å². The van der Waals surface area contributed by atoms with Gasteiger partial charge in [0.2, 0.25) is 11.8 Å². The summed E-state index contributed by atoms with van der Waals surface area (Å²) >= 11 is 0. The fourth-order valence-electron chi connectivity index (χ4n) is 2.39. The molecule has 0 aliphatic rings. The lowest BCUT2D eigenvalue weighted by molar-refractivity contribution is -0.145. The Morgan fingerprint density at radius 3 is 2.50 bits per heavy atom. The van der Waals surface area contributed by atoms with Gasteiger partial charge >= 0.3 is 11.9 Å². The van der Waals surface area contributed by atoms with Crippen LogP contribution in [-0.2, 0) is 39.9 Å². The zero-order valence-electron chi connectivity index (χ0n) is 18.3. The fourth-order valence-corrected chi connectivity index (χ4v) is 2.39. The molecule has 0 aliphatic carbocycles. The second kappa shape index (κ2) is 13.7. The number of rotatable bonds is 13. The normalized spacial score (nSPS) is 12.4. The fraction of sp³-hybridized carbons (Fsp3) is 0.500. The highest BCUT2D eigenvalue weighted by molar-refractivity contribution is 5.89. The smallest absolute Gasteiger partial charge is 0.325 e. The Bertz CT molecular complexity index is 815. The second-order valence-corrected chi connectivity index (χ2v) is 7.21. The van der Waals surface area contributed by atoms with Crippen molar-refractivity contribution in [1.29, 1.82) is 0 Å². The van der Waals surface area contributed by atoms with E-state index in [4.69, 9.17) is 10.5 Å². The summed E-state index contributed by atoms with van der Waals surface area (Å²) in [5, 5.41) is 7.28. The van der Waals surface area contributed by atoms with Gasteiger partial charge in [-0.1, -0.05) is 19.9 Å². The number of carbonyl (C=O) groups is 5. The van der Waals surface area contributed by atoms with Crippen LogP contribution in [0.5, 0.6) is 0 Å². The van der Waals surface area contributed by atoms with E-state index in [9.17, 15) is 24.0 Å². The highest BCUT2D eigenvalue weighted by Crippen LogP contribution is 2.02. The molecule has 2 amide bonds. The molecular weight excluding hydrogens is 422 g/mol. The van der Waals surface area contributed by atoms with Crippen molar-refractivity contribution in [2.75, 3.05) is 26.0 Å². The van der Waals surface area contributed by atoms with Crippen molar-refractivity contribution in [3.8, 4) is 0 Å². The molecule has 2 unspecified atom stereocenters. The van der Waals surface area contributed by atoms with Crippen LogP contribution in [-0.4, -0.2) is 67.5 Å². The first-order chi connectivity index (χ1) is 15.1. The summed E-state index contributed by atoms with van der Waals surface area (Å²) in [6.07, 6.45) is -1.54. The van der Waals surface area contributed by atoms with Crippen molar-refractivity contribution in [3.63, 3.8) is 0 Å². The standard InChI is InChI=1S/C20H29N5O7/c1-12(2)11-32-19(29)9-22-20(30)14(8-18(28)31-3)24-16(10-26)25-17(27)7-13-5-4-6-15(21)23-13/h4-6,10,12,14,16,24H,7-9,11H2,1-3H3,(H2,21,23)(H,22,30)(H,25,27). The zero-order valence-corrected chi connectivity index (χ0v) is 18.3. The molecular formula is C20H29N5O7. The first-order valence-electron chi connectivity index (χ1n) is 9.86. The number of nitrogens with two attached hydrogens (primary N) is 1. The van der Waals surface area contributed by atoms with E-state index in [0.717, 1.165) is 7.11 Å². The van der Waals surface area contributed by atoms with Gasteiger partial charge in [-0.2, -0.15) is 0 Å². The number of hydrogen-bond donors (Lipinski definition) is 4. The lowest BCUT2D eigenvalue weighted by atomic mass is 10.1. The van der Waals surface area contributed by atoms with Crippen molar-refractivity contribution < 1.29 is 33.4 Å². The van der Waals surface area contributed by atoms with Gasteiger partial charge in [-0.15, -0.1) is 0 Å². The number of methoxy groups -OCH3 is 1. The first-order valence-corrected chi connectivity index (χ1v) is 9.86. The van der Waals surface area contributed by atoms with E-state index in [1.54, 1.807) is 18.2 Å². The van der Waals surface area contributed by atoms with Gasteiger partial charge in [0.1, 0.15) is 18.5 Å². The lowest BCUT2D eigenvalue weighted by Gasteiger charge is -2.22. The first kappa shape index (κ1) is 26.5. The number of aromatic nitrogens is 1. The summed E-state index contributed by atoms with van der Waals surface area (Å²) in [4.78, 5) is 63.5. The number of carbonyl (C=O) groups excluding carboxylic acids is 5. The van der Waals surface area contributed by atoms with Gasteiger partial charge in [-0.3, -0.25) is 29.3 Å². The molecule has 1 aromatic heterocycles. The Morgan fingerprint density at radius 2 is 1.91 bits per heavy atom. The third kappa shape index (κ3) is 10.5. The van der Waals surface area contributed by atoms with E-state index in [1.807, 2.05) is 13.8 Å². The largest absolute Gasteiger partial charge is 0.469 e.